The zero-order valence-corrected chi connectivity index (χ0v) is 23.0. The SMILES string of the molecule is CNN(C)Cc1cc2ccccc2n1CCC(=O)N[C@@H](Cc1c[nH]cn1)C(=O)NCCOCCOCCC(=O)O. The van der Waals surface area contributed by atoms with Crippen LogP contribution in [-0.4, -0.2) is 95.5 Å². The van der Waals surface area contributed by atoms with Crippen LogP contribution in [0.5, 0.6) is 0 Å². The van der Waals surface area contributed by atoms with Crippen LogP contribution in [0.1, 0.15) is 24.2 Å². The monoisotopic (exact) mass is 557 g/mol. The lowest BCUT2D eigenvalue weighted by Crippen LogP contribution is -2.48. The van der Waals surface area contributed by atoms with Crippen LogP contribution in [-0.2, 0) is 43.4 Å². The maximum atomic E-state index is 13.0. The number of ether oxygens (including phenoxy) is 2. The normalized spacial score (nSPS) is 12.1. The van der Waals surface area contributed by atoms with Gasteiger partial charge in [-0.25, -0.2) is 9.99 Å². The molecule has 1 aromatic carbocycles. The molecule has 2 heterocycles. The van der Waals surface area contributed by atoms with Gasteiger partial charge in [0.2, 0.25) is 11.8 Å². The number of aromatic amines is 1. The van der Waals surface area contributed by atoms with Gasteiger partial charge in [0.05, 0.1) is 51.4 Å². The van der Waals surface area contributed by atoms with E-state index in [1.807, 2.05) is 37.3 Å². The van der Waals surface area contributed by atoms with Crippen LogP contribution in [0.25, 0.3) is 10.9 Å². The third kappa shape index (κ3) is 10.1. The number of para-hydroxylation sites is 1. The Hall–Kier alpha value is -3.78. The van der Waals surface area contributed by atoms with E-state index < -0.39 is 12.0 Å². The fraction of sp³-hybridized carbons (Fsp3) is 0.481. The van der Waals surface area contributed by atoms with Gasteiger partial charge in [0.25, 0.3) is 0 Å². The molecule has 3 rings (SSSR count). The number of amides is 2. The Labute approximate surface area is 233 Å². The second-order valence-corrected chi connectivity index (χ2v) is 9.22. The van der Waals surface area contributed by atoms with Gasteiger partial charge in [-0.05, 0) is 24.6 Å². The van der Waals surface area contributed by atoms with E-state index in [1.165, 1.54) is 6.33 Å². The third-order valence-corrected chi connectivity index (χ3v) is 6.24. The molecule has 13 heteroatoms. The molecular formula is C27H39N7O6. The van der Waals surface area contributed by atoms with Crippen molar-refractivity contribution in [1.29, 1.82) is 0 Å². The topological polar surface area (TPSA) is 163 Å². The van der Waals surface area contributed by atoms with E-state index in [9.17, 15) is 14.4 Å². The highest BCUT2D eigenvalue weighted by molar-refractivity contribution is 5.88. The summed E-state index contributed by atoms with van der Waals surface area (Å²) in [6.07, 6.45) is 3.60. The fourth-order valence-corrected chi connectivity index (χ4v) is 4.14. The summed E-state index contributed by atoms with van der Waals surface area (Å²) in [6.45, 7) is 2.30. The Kier molecular flexibility index (Phi) is 12.6. The van der Waals surface area contributed by atoms with Gasteiger partial charge in [-0.1, -0.05) is 18.2 Å². The van der Waals surface area contributed by atoms with E-state index in [2.05, 4.69) is 42.7 Å². The molecule has 0 spiro atoms. The summed E-state index contributed by atoms with van der Waals surface area (Å²) in [7, 11) is 3.81. The molecule has 0 radical (unpaired) electrons. The Bertz CT molecular complexity index is 1210. The van der Waals surface area contributed by atoms with E-state index in [0.29, 0.717) is 18.8 Å². The Morgan fingerprint density at radius 2 is 1.90 bits per heavy atom. The molecule has 13 nitrogen and oxygen atoms in total. The molecule has 3 aromatic rings. The minimum Gasteiger partial charge on any atom is -0.481 e. The Morgan fingerprint density at radius 3 is 2.62 bits per heavy atom. The zero-order valence-electron chi connectivity index (χ0n) is 23.0. The summed E-state index contributed by atoms with van der Waals surface area (Å²) in [5.74, 6) is -1.49. The lowest BCUT2D eigenvalue weighted by Gasteiger charge is -2.19. The summed E-state index contributed by atoms with van der Waals surface area (Å²) in [6, 6.07) is 9.38. The Morgan fingerprint density at radius 1 is 1.12 bits per heavy atom. The van der Waals surface area contributed by atoms with Gasteiger partial charge in [0.15, 0.2) is 0 Å². The number of aliphatic carboxylic acids is 1. The molecule has 0 bridgehead atoms. The predicted molar refractivity (Wildman–Crippen MR) is 148 cm³/mol. The molecule has 0 unspecified atom stereocenters. The van der Waals surface area contributed by atoms with E-state index in [4.69, 9.17) is 14.6 Å². The molecular weight excluding hydrogens is 518 g/mol. The molecule has 0 aliphatic heterocycles. The number of fused-ring (bicyclic) bond motifs is 1. The Balaban J connectivity index is 1.52. The number of hydrogen-bond acceptors (Lipinski definition) is 8. The van der Waals surface area contributed by atoms with Gasteiger partial charge >= 0.3 is 5.97 Å². The van der Waals surface area contributed by atoms with Gasteiger partial charge < -0.3 is 34.8 Å². The summed E-state index contributed by atoms with van der Waals surface area (Å²) in [5, 5.41) is 17.3. The molecule has 0 saturated heterocycles. The zero-order chi connectivity index (χ0) is 28.7. The van der Waals surface area contributed by atoms with Crippen LogP contribution in [0.3, 0.4) is 0 Å². The average molecular weight is 558 g/mol. The van der Waals surface area contributed by atoms with E-state index in [0.717, 1.165) is 16.6 Å². The number of H-pyrrole nitrogens is 1. The number of carbonyl (C=O) groups is 3. The number of hydrogen-bond donors (Lipinski definition) is 5. The van der Waals surface area contributed by atoms with Crippen molar-refractivity contribution in [2.24, 2.45) is 0 Å². The average Bonchev–Trinajstić information content (AvgIpc) is 3.57. The van der Waals surface area contributed by atoms with Gasteiger partial charge in [-0.2, -0.15) is 0 Å². The quantitative estimate of drug-likeness (QED) is 0.105. The number of nitrogens with one attached hydrogen (secondary N) is 4. The summed E-state index contributed by atoms with van der Waals surface area (Å²) in [4.78, 5) is 43.5. The minimum absolute atomic E-state index is 0.0595. The van der Waals surface area contributed by atoms with Crippen molar-refractivity contribution in [1.82, 2.24) is 35.6 Å². The van der Waals surface area contributed by atoms with Crippen LogP contribution in [0, 0.1) is 0 Å². The summed E-state index contributed by atoms with van der Waals surface area (Å²) >= 11 is 0. The van der Waals surface area contributed by atoms with Gasteiger partial charge in [-0.15, -0.1) is 0 Å². The lowest BCUT2D eigenvalue weighted by molar-refractivity contribution is -0.138. The van der Waals surface area contributed by atoms with Crippen molar-refractivity contribution in [3.63, 3.8) is 0 Å². The number of carbonyl (C=O) groups excluding carboxylic acids is 2. The minimum atomic E-state index is -0.916. The molecule has 218 valence electrons. The predicted octanol–water partition coefficient (Wildman–Crippen LogP) is 0.672. The number of aryl methyl sites for hydroxylation is 1. The number of carboxylic acids is 1. The smallest absolute Gasteiger partial charge is 0.305 e. The highest BCUT2D eigenvalue weighted by Gasteiger charge is 2.22. The van der Waals surface area contributed by atoms with Crippen molar-refractivity contribution >= 4 is 28.7 Å². The second-order valence-electron chi connectivity index (χ2n) is 9.22. The highest BCUT2D eigenvalue weighted by Crippen LogP contribution is 2.21. The van der Waals surface area contributed by atoms with Gasteiger partial charge in [0, 0.05) is 50.4 Å². The number of imidazole rings is 1. The third-order valence-electron chi connectivity index (χ3n) is 6.24. The number of benzene rings is 1. The number of aromatic nitrogens is 3. The first-order valence-electron chi connectivity index (χ1n) is 13.2. The van der Waals surface area contributed by atoms with Crippen LogP contribution in [0.2, 0.25) is 0 Å². The van der Waals surface area contributed by atoms with Crippen molar-refractivity contribution in [3.8, 4) is 0 Å². The van der Waals surface area contributed by atoms with E-state index in [-0.39, 0.29) is 64.0 Å². The number of hydrazine groups is 1. The maximum absolute atomic E-state index is 13.0. The van der Waals surface area contributed by atoms with Gasteiger partial charge in [0.1, 0.15) is 6.04 Å². The molecule has 0 saturated carbocycles. The standard InChI is InChI=1S/C27H39N7O6/c1-28-33(2)18-22-15-20-5-3-4-6-24(20)34(22)10-7-25(35)32-23(16-21-17-29-19-31-21)27(38)30-9-12-40-14-13-39-11-8-26(36)37/h3-6,15,17,19,23,28H,7-14,16,18H2,1-2H3,(H,29,31)(H,30,38)(H,32,35)(H,36,37)/t23-/m0/s1. The van der Waals surface area contributed by atoms with Crippen LogP contribution in [0.15, 0.2) is 42.9 Å². The molecule has 0 aliphatic carbocycles. The second kappa shape index (κ2) is 16.4. The van der Waals surface area contributed by atoms with Crippen molar-refractivity contribution in [3.05, 3.63) is 54.2 Å². The summed E-state index contributed by atoms with van der Waals surface area (Å²) < 4.78 is 12.7. The van der Waals surface area contributed by atoms with Crippen molar-refractivity contribution in [2.45, 2.75) is 38.4 Å². The molecule has 0 fully saturated rings. The first-order valence-corrected chi connectivity index (χ1v) is 13.2. The van der Waals surface area contributed by atoms with E-state index in [1.54, 1.807) is 6.20 Å². The molecule has 2 amide bonds. The van der Waals surface area contributed by atoms with E-state index >= 15 is 0 Å². The molecule has 1 atom stereocenters. The van der Waals surface area contributed by atoms with Crippen molar-refractivity contribution in [2.75, 3.05) is 47.1 Å². The number of nitrogens with zero attached hydrogens (tertiary/aromatic N) is 3. The molecule has 5 N–H and O–H groups in total. The first kappa shape index (κ1) is 30.8. The summed E-state index contributed by atoms with van der Waals surface area (Å²) in [5.41, 5.74) is 5.88. The fourth-order valence-electron chi connectivity index (χ4n) is 4.14. The first-order chi connectivity index (χ1) is 19.4. The number of rotatable bonds is 19. The molecule has 40 heavy (non-hydrogen) atoms. The largest absolute Gasteiger partial charge is 0.481 e. The van der Waals surface area contributed by atoms with Crippen LogP contribution in [0.4, 0.5) is 0 Å². The van der Waals surface area contributed by atoms with Crippen LogP contribution >= 0.6 is 0 Å². The van der Waals surface area contributed by atoms with Crippen molar-refractivity contribution < 1.29 is 29.0 Å². The number of carboxylic acid groups (broad SMARTS) is 1. The van der Waals surface area contributed by atoms with Gasteiger partial charge in [-0.3, -0.25) is 19.8 Å². The lowest BCUT2D eigenvalue weighted by atomic mass is 10.1. The molecule has 0 aliphatic rings. The van der Waals surface area contributed by atoms with Crippen LogP contribution < -0.4 is 16.1 Å². The highest BCUT2D eigenvalue weighted by atomic mass is 16.5. The maximum Gasteiger partial charge on any atom is 0.305 e. The molecule has 2 aromatic heterocycles.